The van der Waals surface area contributed by atoms with Crippen LogP contribution in [0.25, 0.3) is 6.08 Å². The molecule has 1 heterocycles. The second kappa shape index (κ2) is 8.01. The fourth-order valence-corrected chi connectivity index (χ4v) is 3.54. The van der Waals surface area contributed by atoms with Gasteiger partial charge in [-0.3, -0.25) is 14.5 Å². The number of carbonyl (C=O) groups excluding carboxylic acids is 1. The van der Waals surface area contributed by atoms with Gasteiger partial charge in [-0.2, -0.15) is 0 Å². The van der Waals surface area contributed by atoms with Crippen LogP contribution in [0.3, 0.4) is 0 Å². The molecular formula is C18H21NO4S2. The molecule has 1 N–H and O–H groups in total. The van der Waals surface area contributed by atoms with E-state index in [0.717, 1.165) is 5.56 Å². The number of hydrogen-bond donors (Lipinski definition) is 1. The summed E-state index contributed by atoms with van der Waals surface area (Å²) in [4.78, 5) is 25.2. The van der Waals surface area contributed by atoms with Gasteiger partial charge in [0.05, 0.1) is 4.91 Å². The normalized spacial score (nSPS) is 16.6. The van der Waals surface area contributed by atoms with Gasteiger partial charge in [-0.1, -0.05) is 42.2 Å². The molecule has 0 unspecified atom stereocenters. The van der Waals surface area contributed by atoms with Crippen molar-refractivity contribution in [3.05, 3.63) is 34.7 Å². The zero-order valence-corrected chi connectivity index (χ0v) is 16.1. The number of para-hydroxylation sites is 1. The van der Waals surface area contributed by atoms with Crippen LogP contribution >= 0.6 is 24.0 Å². The monoisotopic (exact) mass is 379 g/mol. The molecule has 0 radical (unpaired) electrons. The smallest absolute Gasteiger partial charge is 0.303 e. The SMILES string of the molecule is CC(C)(C)Oc1ccccc1/C=C1\SC(=S)N(CCCC(=O)O)C1=O. The average molecular weight is 380 g/mol. The summed E-state index contributed by atoms with van der Waals surface area (Å²) in [5.41, 5.74) is 0.461. The molecule has 1 fully saturated rings. The molecule has 5 nitrogen and oxygen atoms in total. The number of carbonyl (C=O) groups is 2. The molecule has 0 aromatic heterocycles. The predicted octanol–water partition coefficient (Wildman–Crippen LogP) is 3.93. The zero-order chi connectivity index (χ0) is 18.6. The quantitative estimate of drug-likeness (QED) is 0.597. The third-order valence-corrected chi connectivity index (χ3v) is 4.65. The summed E-state index contributed by atoms with van der Waals surface area (Å²) >= 11 is 6.49. The van der Waals surface area contributed by atoms with E-state index < -0.39 is 5.97 Å². The molecule has 2 rings (SSSR count). The van der Waals surface area contributed by atoms with Gasteiger partial charge in [0.25, 0.3) is 5.91 Å². The van der Waals surface area contributed by atoms with Gasteiger partial charge in [-0.05, 0) is 39.3 Å². The lowest BCUT2D eigenvalue weighted by Crippen LogP contribution is -2.29. The number of aliphatic carboxylic acids is 1. The van der Waals surface area contributed by atoms with E-state index in [-0.39, 0.29) is 17.9 Å². The topological polar surface area (TPSA) is 66.8 Å². The van der Waals surface area contributed by atoms with Gasteiger partial charge < -0.3 is 9.84 Å². The molecule has 0 bridgehead atoms. The van der Waals surface area contributed by atoms with Gasteiger partial charge in [-0.25, -0.2) is 0 Å². The van der Waals surface area contributed by atoms with Gasteiger partial charge in [0.15, 0.2) is 0 Å². The van der Waals surface area contributed by atoms with Crippen molar-refractivity contribution < 1.29 is 19.4 Å². The maximum absolute atomic E-state index is 12.6. The Morgan fingerprint density at radius 3 is 2.68 bits per heavy atom. The molecule has 1 aromatic carbocycles. The maximum Gasteiger partial charge on any atom is 0.303 e. The first-order chi connectivity index (χ1) is 11.7. The molecular weight excluding hydrogens is 358 g/mol. The number of ether oxygens (including phenoxy) is 1. The Hall–Kier alpha value is -1.86. The molecule has 0 atom stereocenters. The summed E-state index contributed by atoms with van der Waals surface area (Å²) in [6, 6.07) is 7.52. The highest BCUT2D eigenvalue weighted by Crippen LogP contribution is 2.35. The van der Waals surface area contributed by atoms with Crippen molar-refractivity contribution >= 4 is 46.3 Å². The zero-order valence-electron chi connectivity index (χ0n) is 14.4. The van der Waals surface area contributed by atoms with Gasteiger partial charge in [0.1, 0.15) is 15.7 Å². The van der Waals surface area contributed by atoms with Crippen LogP contribution in [0.2, 0.25) is 0 Å². The van der Waals surface area contributed by atoms with Crippen molar-refractivity contribution in [1.29, 1.82) is 0 Å². The second-order valence-corrected chi connectivity index (χ2v) is 8.26. The van der Waals surface area contributed by atoms with Crippen LogP contribution in [-0.2, 0) is 9.59 Å². The summed E-state index contributed by atoms with van der Waals surface area (Å²) in [6.07, 6.45) is 2.16. The van der Waals surface area contributed by atoms with E-state index in [1.165, 1.54) is 16.7 Å². The molecule has 7 heteroatoms. The van der Waals surface area contributed by atoms with Crippen LogP contribution < -0.4 is 4.74 Å². The Bertz CT molecular complexity index is 722. The summed E-state index contributed by atoms with van der Waals surface area (Å²) in [5.74, 6) is -0.369. The van der Waals surface area contributed by atoms with E-state index in [1.54, 1.807) is 6.08 Å². The number of nitrogens with zero attached hydrogens (tertiary/aromatic N) is 1. The molecule has 25 heavy (non-hydrogen) atoms. The fourth-order valence-electron chi connectivity index (χ4n) is 2.24. The third kappa shape index (κ3) is 5.57. The Morgan fingerprint density at radius 1 is 1.36 bits per heavy atom. The van der Waals surface area contributed by atoms with E-state index in [9.17, 15) is 9.59 Å². The Balaban J connectivity index is 2.18. The van der Waals surface area contributed by atoms with E-state index in [1.807, 2.05) is 45.0 Å². The molecule has 0 saturated carbocycles. The number of rotatable bonds is 6. The summed E-state index contributed by atoms with van der Waals surface area (Å²) in [7, 11) is 0. The van der Waals surface area contributed by atoms with Crippen molar-refractivity contribution in [3.8, 4) is 5.75 Å². The summed E-state index contributed by atoms with van der Waals surface area (Å²) in [6.45, 7) is 6.21. The Kier molecular flexibility index (Phi) is 6.24. The van der Waals surface area contributed by atoms with E-state index in [4.69, 9.17) is 22.1 Å². The number of amides is 1. The standard InChI is InChI=1S/C18H21NO4S2/c1-18(2,3)23-13-8-5-4-7-12(13)11-14-16(22)19(17(24)25-14)10-6-9-15(20)21/h4-5,7-8,11H,6,9-10H2,1-3H3,(H,20,21)/b14-11-. The molecule has 1 aliphatic rings. The van der Waals surface area contributed by atoms with Crippen molar-refractivity contribution in [3.63, 3.8) is 0 Å². The largest absolute Gasteiger partial charge is 0.488 e. The second-order valence-electron chi connectivity index (χ2n) is 6.58. The first kappa shape index (κ1) is 19.5. The maximum atomic E-state index is 12.6. The van der Waals surface area contributed by atoms with Gasteiger partial charge >= 0.3 is 5.97 Å². The number of thioether (sulfide) groups is 1. The van der Waals surface area contributed by atoms with Crippen LogP contribution in [0.5, 0.6) is 5.75 Å². The van der Waals surface area contributed by atoms with Crippen molar-refractivity contribution in [2.45, 2.75) is 39.2 Å². The minimum Gasteiger partial charge on any atom is -0.488 e. The number of thiocarbonyl (C=S) groups is 1. The first-order valence-corrected chi connectivity index (χ1v) is 9.15. The molecule has 0 spiro atoms. The Labute approximate surface area is 157 Å². The van der Waals surface area contributed by atoms with Gasteiger partial charge in [-0.15, -0.1) is 0 Å². The van der Waals surface area contributed by atoms with E-state index >= 15 is 0 Å². The highest BCUT2D eigenvalue weighted by molar-refractivity contribution is 8.26. The summed E-state index contributed by atoms with van der Waals surface area (Å²) < 4.78 is 6.40. The van der Waals surface area contributed by atoms with Crippen molar-refractivity contribution in [2.75, 3.05) is 6.54 Å². The van der Waals surface area contributed by atoms with Crippen LogP contribution in [0.1, 0.15) is 39.2 Å². The molecule has 1 aromatic rings. The number of hydrogen-bond acceptors (Lipinski definition) is 5. The summed E-state index contributed by atoms with van der Waals surface area (Å²) in [5, 5.41) is 8.72. The fraction of sp³-hybridized carbons (Fsp3) is 0.389. The minimum absolute atomic E-state index is 0.0123. The van der Waals surface area contributed by atoms with E-state index in [2.05, 4.69) is 0 Å². The molecule has 1 aliphatic heterocycles. The lowest BCUT2D eigenvalue weighted by molar-refractivity contribution is -0.137. The van der Waals surface area contributed by atoms with Crippen molar-refractivity contribution in [1.82, 2.24) is 4.90 Å². The van der Waals surface area contributed by atoms with Gasteiger partial charge in [0.2, 0.25) is 0 Å². The lowest BCUT2D eigenvalue weighted by Gasteiger charge is -2.22. The number of carboxylic acids is 1. The molecule has 1 amide bonds. The van der Waals surface area contributed by atoms with Crippen LogP contribution in [0.15, 0.2) is 29.2 Å². The minimum atomic E-state index is -0.880. The average Bonchev–Trinajstić information content (AvgIpc) is 2.75. The predicted molar refractivity (Wildman–Crippen MR) is 104 cm³/mol. The number of carboxylic acid groups (broad SMARTS) is 1. The van der Waals surface area contributed by atoms with Crippen molar-refractivity contribution in [2.24, 2.45) is 0 Å². The van der Waals surface area contributed by atoms with Crippen LogP contribution in [0.4, 0.5) is 0 Å². The third-order valence-electron chi connectivity index (χ3n) is 3.27. The van der Waals surface area contributed by atoms with Crippen LogP contribution in [-0.4, -0.2) is 38.3 Å². The van der Waals surface area contributed by atoms with Crippen LogP contribution in [0, 0.1) is 0 Å². The van der Waals surface area contributed by atoms with E-state index in [0.29, 0.717) is 27.9 Å². The highest BCUT2D eigenvalue weighted by atomic mass is 32.2. The molecule has 0 aliphatic carbocycles. The molecule has 1 saturated heterocycles. The van der Waals surface area contributed by atoms with Gasteiger partial charge in [0, 0.05) is 18.5 Å². The number of benzene rings is 1. The first-order valence-electron chi connectivity index (χ1n) is 7.92. The molecule has 134 valence electrons. The lowest BCUT2D eigenvalue weighted by atomic mass is 10.1. The Morgan fingerprint density at radius 2 is 2.04 bits per heavy atom. The highest BCUT2D eigenvalue weighted by Gasteiger charge is 2.32.